The van der Waals surface area contributed by atoms with E-state index in [0.717, 1.165) is 32.4 Å². The molecule has 3 nitrogen and oxygen atoms in total. The number of amides is 1. The fourth-order valence-corrected chi connectivity index (χ4v) is 3.69. The summed E-state index contributed by atoms with van der Waals surface area (Å²) in [7, 11) is 0. The van der Waals surface area contributed by atoms with Crippen molar-refractivity contribution in [2.45, 2.75) is 58.9 Å². The molecule has 0 bridgehead atoms. The molecule has 3 atom stereocenters. The summed E-state index contributed by atoms with van der Waals surface area (Å²) < 4.78 is 0. The molecule has 2 rings (SSSR count). The van der Waals surface area contributed by atoms with Gasteiger partial charge in [-0.05, 0) is 30.6 Å². The first-order valence-corrected chi connectivity index (χ1v) is 7.50. The standard InChI is InChI=1S/C15H28N2O/c1-4-11-10-17(9-7-13(11)16)14(18)12-6-5-8-15(12,2)3/h11-13H,4-10,16H2,1-3H3. The van der Waals surface area contributed by atoms with Gasteiger partial charge >= 0.3 is 0 Å². The minimum absolute atomic E-state index is 0.193. The predicted octanol–water partition coefficient (Wildman–Crippen LogP) is 2.40. The van der Waals surface area contributed by atoms with Crippen molar-refractivity contribution in [3.05, 3.63) is 0 Å². The summed E-state index contributed by atoms with van der Waals surface area (Å²) in [4.78, 5) is 14.8. The van der Waals surface area contributed by atoms with E-state index < -0.39 is 0 Å². The van der Waals surface area contributed by atoms with Gasteiger partial charge in [0.25, 0.3) is 0 Å². The maximum atomic E-state index is 12.7. The quantitative estimate of drug-likeness (QED) is 0.820. The van der Waals surface area contributed by atoms with Crippen molar-refractivity contribution in [1.82, 2.24) is 4.90 Å². The molecule has 3 heteroatoms. The molecule has 104 valence electrons. The minimum Gasteiger partial charge on any atom is -0.342 e. The Balaban J connectivity index is 2.01. The maximum absolute atomic E-state index is 12.7. The van der Waals surface area contributed by atoms with Crippen molar-refractivity contribution in [2.75, 3.05) is 13.1 Å². The first kappa shape index (κ1) is 13.9. The van der Waals surface area contributed by atoms with E-state index >= 15 is 0 Å². The average Bonchev–Trinajstić information content (AvgIpc) is 2.68. The van der Waals surface area contributed by atoms with Crippen LogP contribution < -0.4 is 5.73 Å². The molecule has 1 saturated carbocycles. The van der Waals surface area contributed by atoms with Gasteiger partial charge in [0, 0.05) is 25.0 Å². The number of rotatable bonds is 2. The lowest BCUT2D eigenvalue weighted by Crippen LogP contribution is -2.51. The van der Waals surface area contributed by atoms with E-state index in [4.69, 9.17) is 5.73 Å². The Labute approximate surface area is 111 Å². The van der Waals surface area contributed by atoms with Gasteiger partial charge < -0.3 is 10.6 Å². The summed E-state index contributed by atoms with van der Waals surface area (Å²) in [6.45, 7) is 8.41. The Morgan fingerprint density at radius 2 is 2.11 bits per heavy atom. The van der Waals surface area contributed by atoms with Crippen LogP contribution in [0.2, 0.25) is 0 Å². The summed E-state index contributed by atoms with van der Waals surface area (Å²) in [5, 5.41) is 0. The highest BCUT2D eigenvalue weighted by molar-refractivity contribution is 5.80. The summed E-state index contributed by atoms with van der Waals surface area (Å²) in [6.07, 6.45) is 5.52. The van der Waals surface area contributed by atoms with Gasteiger partial charge in [-0.25, -0.2) is 0 Å². The molecule has 0 aromatic carbocycles. The van der Waals surface area contributed by atoms with Gasteiger partial charge in [0.2, 0.25) is 5.91 Å². The monoisotopic (exact) mass is 252 g/mol. The number of piperidine rings is 1. The van der Waals surface area contributed by atoms with Gasteiger partial charge in [0.15, 0.2) is 0 Å². The normalized spacial score (nSPS) is 35.8. The second-order valence-electron chi connectivity index (χ2n) is 6.84. The minimum atomic E-state index is 0.193. The van der Waals surface area contributed by atoms with Gasteiger partial charge in [-0.2, -0.15) is 0 Å². The molecular weight excluding hydrogens is 224 g/mol. The van der Waals surface area contributed by atoms with Crippen molar-refractivity contribution >= 4 is 5.91 Å². The molecule has 0 radical (unpaired) electrons. The molecule has 1 aliphatic carbocycles. The van der Waals surface area contributed by atoms with Crippen LogP contribution >= 0.6 is 0 Å². The van der Waals surface area contributed by atoms with Crippen LogP contribution in [0.15, 0.2) is 0 Å². The van der Waals surface area contributed by atoms with Gasteiger partial charge in [-0.3, -0.25) is 4.79 Å². The van der Waals surface area contributed by atoms with E-state index in [2.05, 4.69) is 25.7 Å². The number of hydrogen-bond donors (Lipinski definition) is 1. The number of hydrogen-bond acceptors (Lipinski definition) is 2. The van der Waals surface area contributed by atoms with Crippen molar-refractivity contribution in [1.29, 1.82) is 0 Å². The Kier molecular flexibility index (Phi) is 4.00. The molecule has 18 heavy (non-hydrogen) atoms. The fraction of sp³-hybridized carbons (Fsp3) is 0.933. The van der Waals surface area contributed by atoms with Crippen LogP contribution in [0.25, 0.3) is 0 Å². The molecule has 0 aromatic rings. The third-order valence-electron chi connectivity index (χ3n) is 5.18. The van der Waals surface area contributed by atoms with Crippen molar-refractivity contribution in [3.8, 4) is 0 Å². The van der Waals surface area contributed by atoms with E-state index in [0.29, 0.717) is 11.8 Å². The zero-order valence-corrected chi connectivity index (χ0v) is 12.1. The lowest BCUT2D eigenvalue weighted by Gasteiger charge is -2.39. The molecule has 0 aromatic heterocycles. The fourth-order valence-electron chi connectivity index (χ4n) is 3.69. The van der Waals surface area contributed by atoms with E-state index in [1.165, 1.54) is 12.8 Å². The molecule has 3 unspecified atom stereocenters. The number of carbonyl (C=O) groups is 1. The van der Waals surface area contributed by atoms with Gasteiger partial charge in [-0.15, -0.1) is 0 Å². The largest absolute Gasteiger partial charge is 0.342 e. The van der Waals surface area contributed by atoms with Crippen LogP contribution in [0.4, 0.5) is 0 Å². The molecule has 2 N–H and O–H groups in total. The van der Waals surface area contributed by atoms with E-state index in [1.54, 1.807) is 0 Å². The average molecular weight is 252 g/mol. The molecule has 1 heterocycles. The van der Waals surface area contributed by atoms with E-state index in [-0.39, 0.29) is 17.4 Å². The maximum Gasteiger partial charge on any atom is 0.226 e. The zero-order valence-electron chi connectivity index (χ0n) is 12.1. The topological polar surface area (TPSA) is 46.3 Å². The second-order valence-corrected chi connectivity index (χ2v) is 6.84. The van der Waals surface area contributed by atoms with Crippen LogP contribution in [0.5, 0.6) is 0 Å². The second kappa shape index (κ2) is 5.20. The molecule has 1 saturated heterocycles. The number of nitrogens with two attached hydrogens (primary N) is 1. The third-order valence-corrected chi connectivity index (χ3v) is 5.18. The molecule has 2 fully saturated rings. The summed E-state index contributed by atoms with van der Waals surface area (Å²) >= 11 is 0. The zero-order chi connectivity index (χ0) is 13.3. The van der Waals surface area contributed by atoms with Gasteiger partial charge in [-0.1, -0.05) is 33.6 Å². The smallest absolute Gasteiger partial charge is 0.226 e. The Morgan fingerprint density at radius 3 is 2.67 bits per heavy atom. The lowest BCUT2D eigenvalue weighted by atomic mass is 9.80. The van der Waals surface area contributed by atoms with E-state index in [1.807, 2.05) is 0 Å². The van der Waals surface area contributed by atoms with E-state index in [9.17, 15) is 4.79 Å². The highest BCUT2D eigenvalue weighted by Crippen LogP contribution is 2.43. The van der Waals surface area contributed by atoms with Crippen molar-refractivity contribution < 1.29 is 4.79 Å². The van der Waals surface area contributed by atoms with Crippen molar-refractivity contribution in [3.63, 3.8) is 0 Å². The molecule has 1 aliphatic heterocycles. The van der Waals surface area contributed by atoms with Crippen LogP contribution in [-0.2, 0) is 4.79 Å². The first-order chi connectivity index (χ1) is 8.45. The third kappa shape index (κ3) is 2.56. The highest BCUT2D eigenvalue weighted by Gasteiger charge is 2.42. The molecule has 0 spiro atoms. The predicted molar refractivity (Wildman–Crippen MR) is 74.1 cm³/mol. The van der Waals surface area contributed by atoms with Crippen molar-refractivity contribution in [2.24, 2.45) is 23.0 Å². The Bertz CT molecular complexity index is 314. The first-order valence-electron chi connectivity index (χ1n) is 7.50. The van der Waals surface area contributed by atoms with Crippen LogP contribution in [-0.4, -0.2) is 29.9 Å². The summed E-state index contributed by atoms with van der Waals surface area (Å²) in [6, 6.07) is 0.288. The highest BCUT2D eigenvalue weighted by atomic mass is 16.2. The Hall–Kier alpha value is -0.570. The molecule has 2 aliphatic rings. The van der Waals surface area contributed by atoms with Crippen LogP contribution in [0.3, 0.4) is 0 Å². The number of nitrogens with zero attached hydrogens (tertiary/aromatic N) is 1. The van der Waals surface area contributed by atoms with Crippen LogP contribution in [0, 0.1) is 17.3 Å². The molecular formula is C15H28N2O. The number of carbonyl (C=O) groups excluding carboxylic acids is 1. The SMILES string of the molecule is CCC1CN(C(=O)C2CCCC2(C)C)CCC1N. The summed E-state index contributed by atoms with van der Waals surface area (Å²) in [5.74, 6) is 1.12. The Morgan fingerprint density at radius 1 is 1.39 bits per heavy atom. The lowest BCUT2D eigenvalue weighted by molar-refractivity contribution is -0.140. The van der Waals surface area contributed by atoms with Gasteiger partial charge in [0.05, 0.1) is 0 Å². The van der Waals surface area contributed by atoms with Gasteiger partial charge in [0.1, 0.15) is 0 Å². The number of likely N-dealkylation sites (tertiary alicyclic amines) is 1. The van der Waals surface area contributed by atoms with Crippen LogP contribution in [0.1, 0.15) is 52.9 Å². The summed E-state index contributed by atoms with van der Waals surface area (Å²) in [5.41, 5.74) is 6.31. The molecule has 1 amide bonds.